The van der Waals surface area contributed by atoms with Crippen LogP contribution in [0.4, 0.5) is 11.5 Å². The van der Waals surface area contributed by atoms with Gasteiger partial charge in [-0.1, -0.05) is 0 Å². The van der Waals surface area contributed by atoms with Gasteiger partial charge in [-0.15, -0.1) is 0 Å². The minimum absolute atomic E-state index is 0.156. The van der Waals surface area contributed by atoms with Crippen LogP contribution in [-0.4, -0.2) is 55.7 Å². The van der Waals surface area contributed by atoms with Crippen molar-refractivity contribution in [3.63, 3.8) is 0 Å². The molecule has 1 saturated heterocycles. The molecule has 0 radical (unpaired) electrons. The number of carbonyl (C=O) groups is 1. The number of ether oxygens (including phenoxy) is 1. The van der Waals surface area contributed by atoms with Crippen molar-refractivity contribution in [1.29, 1.82) is 0 Å². The summed E-state index contributed by atoms with van der Waals surface area (Å²) < 4.78 is 4.64. The average Bonchev–Trinajstić information content (AvgIpc) is 2.46. The standard InChI is InChI=1S/C13H20N4O2/c1-19-12(18)4-6-16-7-9-17(10-8-16)13-11(14)3-2-5-15-13/h2-3,5H,4,6-10,14H2,1H3. The van der Waals surface area contributed by atoms with E-state index in [1.165, 1.54) is 7.11 Å². The maximum Gasteiger partial charge on any atom is 0.306 e. The van der Waals surface area contributed by atoms with E-state index >= 15 is 0 Å². The summed E-state index contributed by atoms with van der Waals surface area (Å²) in [6, 6.07) is 3.71. The van der Waals surface area contributed by atoms with Gasteiger partial charge in [0.05, 0.1) is 19.2 Å². The van der Waals surface area contributed by atoms with Gasteiger partial charge in [0.2, 0.25) is 0 Å². The zero-order valence-corrected chi connectivity index (χ0v) is 11.2. The van der Waals surface area contributed by atoms with E-state index in [0.29, 0.717) is 12.1 Å². The second-order valence-electron chi connectivity index (χ2n) is 4.57. The number of hydrogen-bond donors (Lipinski definition) is 1. The van der Waals surface area contributed by atoms with Crippen LogP contribution in [0.1, 0.15) is 6.42 Å². The molecule has 0 amide bonds. The summed E-state index contributed by atoms with van der Waals surface area (Å²) in [6.07, 6.45) is 2.21. The van der Waals surface area contributed by atoms with Gasteiger partial charge in [-0.2, -0.15) is 0 Å². The predicted octanol–water partition coefficient (Wildman–Crippen LogP) is 0.349. The molecule has 6 heteroatoms. The van der Waals surface area contributed by atoms with Gasteiger partial charge in [0.25, 0.3) is 0 Å². The van der Waals surface area contributed by atoms with E-state index in [0.717, 1.165) is 38.5 Å². The van der Waals surface area contributed by atoms with Crippen molar-refractivity contribution < 1.29 is 9.53 Å². The normalized spacial score (nSPS) is 16.4. The molecule has 104 valence electrons. The summed E-state index contributed by atoms with van der Waals surface area (Å²) in [7, 11) is 1.42. The molecule has 1 aliphatic rings. The third-order valence-corrected chi connectivity index (χ3v) is 3.35. The lowest BCUT2D eigenvalue weighted by Gasteiger charge is -2.35. The molecule has 0 spiro atoms. The Bertz CT molecular complexity index is 430. The Kier molecular flexibility index (Phi) is 4.57. The average molecular weight is 264 g/mol. The second-order valence-corrected chi connectivity index (χ2v) is 4.57. The van der Waals surface area contributed by atoms with Crippen molar-refractivity contribution in [3.05, 3.63) is 18.3 Å². The van der Waals surface area contributed by atoms with Gasteiger partial charge in [-0.25, -0.2) is 4.98 Å². The lowest BCUT2D eigenvalue weighted by atomic mass is 10.2. The van der Waals surface area contributed by atoms with Gasteiger partial charge < -0.3 is 15.4 Å². The number of carbonyl (C=O) groups excluding carboxylic acids is 1. The molecule has 6 nitrogen and oxygen atoms in total. The van der Waals surface area contributed by atoms with E-state index in [2.05, 4.69) is 19.5 Å². The minimum Gasteiger partial charge on any atom is -0.469 e. The molecule has 1 fully saturated rings. The molecular formula is C13H20N4O2. The largest absolute Gasteiger partial charge is 0.469 e. The number of nitrogen functional groups attached to an aromatic ring is 1. The predicted molar refractivity (Wildman–Crippen MR) is 73.9 cm³/mol. The van der Waals surface area contributed by atoms with Crippen molar-refractivity contribution in [1.82, 2.24) is 9.88 Å². The maximum atomic E-state index is 11.1. The monoisotopic (exact) mass is 264 g/mol. The third-order valence-electron chi connectivity index (χ3n) is 3.35. The van der Waals surface area contributed by atoms with Crippen LogP contribution in [0.3, 0.4) is 0 Å². The van der Waals surface area contributed by atoms with Gasteiger partial charge in [-0.05, 0) is 12.1 Å². The first-order valence-corrected chi connectivity index (χ1v) is 6.45. The second kappa shape index (κ2) is 6.38. The van der Waals surface area contributed by atoms with E-state index < -0.39 is 0 Å². The highest BCUT2D eigenvalue weighted by Crippen LogP contribution is 2.20. The Morgan fingerprint density at radius 2 is 2.16 bits per heavy atom. The summed E-state index contributed by atoms with van der Waals surface area (Å²) in [5, 5.41) is 0. The zero-order valence-electron chi connectivity index (χ0n) is 11.2. The van der Waals surface area contributed by atoms with Crippen molar-refractivity contribution in [3.8, 4) is 0 Å². The van der Waals surface area contributed by atoms with Crippen LogP contribution in [0.2, 0.25) is 0 Å². The Hall–Kier alpha value is -1.82. The molecule has 1 aromatic heterocycles. The molecule has 0 aliphatic carbocycles. The molecule has 2 rings (SSSR count). The molecular weight excluding hydrogens is 244 g/mol. The van der Waals surface area contributed by atoms with Crippen LogP contribution < -0.4 is 10.6 Å². The number of esters is 1. The van der Waals surface area contributed by atoms with Gasteiger partial charge >= 0.3 is 5.97 Å². The summed E-state index contributed by atoms with van der Waals surface area (Å²) in [5.41, 5.74) is 6.64. The number of piperazine rings is 1. The highest BCUT2D eigenvalue weighted by molar-refractivity contribution is 5.69. The van der Waals surface area contributed by atoms with Crippen molar-refractivity contribution in [2.45, 2.75) is 6.42 Å². The van der Waals surface area contributed by atoms with Gasteiger partial charge in [0, 0.05) is 38.9 Å². The van der Waals surface area contributed by atoms with Crippen LogP contribution in [0.25, 0.3) is 0 Å². The molecule has 0 bridgehead atoms. The fourth-order valence-corrected chi connectivity index (χ4v) is 2.21. The summed E-state index contributed by atoms with van der Waals surface area (Å²) in [6.45, 7) is 4.32. The molecule has 2 heterocycles. The van der Waals surface area contributed by atoms with E-state index in [1.807, 2.05) is 12.1 Å². The van der Waals surface area contributed by atoms with Crippen molar-refractivity contribution in [2.75, 3.05) is 50.5 Å². The van der Waals surface area contributed by atoms with Gasteiger partial charge in [-0.3, -0.25) is 9.69 Å². The lowest BCUT2D eigenvalue weighted by Crippen LogP contribution is -2.47. The molecule has 0 saturated carbocycles. The van der Waals surface area contributed by atoms with Crippen LogP contribution in [0.5, 0.6) is 0 Å². The fourth-order valence-electron chi connectivity index (χ4n) is 2.21. The lowest BCUT2D eigenvalue weighted by molar-refractivity contribution is -0.141. The third kappa shape index (κ3) is 3.57. The Labute approximate surface area is 113 Å². The number of nitrogens with zero attached hydrogens (tertiary/aromatic N) is 3. The fraction of sp³-hybridized carbons (Fsp3) is 0.538. The minimum atomic E-state index is -0.156. The molecule has 1 aliphatic heterocycles. The topological polar surface area (TPSA) is 71.7 Å². The SMILES string of the molecule is COC(=O)CCN1CCN(c2ncccc2N)CC1. The van der Waals surface area contributed by atoms with Crippen LogP contribution in [0.15, 0.2) is 18.3 Å². The summed E-state index contributed by atoms with van der Waals surface area (Å²) >= 11 is 0. The van der Waals surface area contributed by atoms with Crippen LogP contribution >= 0.6 is 0 Å². The molecule has 1 aromatic rings. The highest BCUT2D eigenvalue weighted by atomic mass is 16.5. The van der Waals surface area contributed by atoms with Crippen LogP contribution in [-0.2, 0) is 9.53 Å². The first-order chi connectivity index (χ1) is 9.20. The molecule has 19 heavy (non-hydrogen) atoms. The van der Waals surface area contributed by atoms with Gasteiger partial charge in [0.15, 0.2) is 5.82 Å². The number of pyridine rings is 1. The van der Waals surface area contributed by atoms with E-state index in [9.17, 15) is 4.79 Å². The molecule has 0 atom stereocenters. The summed E-state index contributed by atoms with van der Waals surface area (Å²) in [4.78, 5) is 19.9. The summed E-state index contributed by atoms with van der Waals surface area (Å²) in [5.74, 6) is 0.700. The van der Waals surface area contributed by atoms with Crippen molar-refractivity contribution in [2.24, 2.45) is 0 Å². The van der Waals surface area contributed by atoms with E-state index in [1.54, 1.807) is 6.20 Å². The van der Waals surface area contributed by atoms with Crippen LogP contribution in [0, 0.1) is 0 Å². The number of nitrogens with two attached hydrogens (primary N) is 1. The number of aromatic nitrogens is 1. The first kappa shape index (κ1) is 13.6. The zero-order chi connectivity index (χ0) is 13.7. The molecule has 0 aromatic carbocycles. The Balaban J connectivity index is 1.83. The number of methoxy groups -OCH3 is 1. The molecule has 2 N–H and O–H groups in total. The highest BCUT2D eigenvalue weighted by Gasteiger charge is 2.19. The number of anilines is 2. The van der Waals surface area contributed by atoms with E-state index in [-0.39, 0.29) is 5.97 Å². The van der Waals surface area contributed by atoms with Crippen molar-refractivity contribution >= 4 is 17.5 Å². The Morgan fingerprint density at radius 1 is 1.42 bits per heavy atom. The van der Waals surface area contributed by atoms with Gasteiger partial charge in [0.1, 0.15) is 0 Å². The smallest absolute Gasteiger partial charge is 0.306 e. The maximum absolute atomic E-state index is 11.1. The molecule has 0 unspecified atom stereocenters. The first-order valence-electron chi connectivity index (χ1n) is 6.45. The number of rotatable bonds is 4. The van der Waals surface area contributed by atoms with E-state index in [4.69, 9.17) is 5.73 Å². The quantitative estimate of drug-likeness (QED) is 0.791. The number of hydrogen-bond acceptors (Lipinski definition) is 6. The Morgan fingerprint density at radius 3 is 2.79 bits per heavy atom.